The van der Waals surface area contributed by atoms with Crippen LogP contribution >= 0.6 is 23.4 Å². The van der Waals surface area contributed by atoms with Gasteiger partial charge < -0.3 is 15.7 Å². The lowest BCUT2D eigenvalue weighted by molar-refractivity contribution is 0.118. The lowest BCUT2D eigenvalue weighted by Crippen LogP contribution is -2.40. The van der Waals surface area contributed by atoms with Gasteiger partial charge in [-0.2, -0.15) is 0 Å². The molecule has 0 bridgehead atoms. The summed E-state index contributed by atoms with van der Waals surface area (Å²) in [6, 6.07) is 5.36. The Bertz CT molecular complexity index is 476. The highest BCUT2D eigenvalue weighted by molar-refractivity contribution is 7.98. The van der Waals surface area contributed by atoms with Crippen LogP contribution in [-0.2, 0) is 0 Å². The third-order valence-corrected chi connectivity index (χ3v) is 4.47. The van der Waals surface area contributed by atoms with Crippen molar-refractivity contribution in [2.75, 3.05) is 11.6 Å². The summed E-state index contributed by atoms with van der Waals surface area (Å²) in [5, 5.41) is 15.8. The fourth-order valence-corrected chi connectivity index (χ4v) is 3.05. The number of anilines is 1. The molecule has 4 nitrogen and oxygen atoms in total. The molecule has 0 spiro atoms. The molecule has 0 radical (unpaired) electrons. The predicted octanol–water partition coefficient (Wildman–Crippen LogP) is 3.49. The molecule has 0 aromatic heterocycles. The molecule has 1 aromatic carbocycles. The van der Waals surface area contributed by atoms with Crippen molar-refractivity contribution < 1.29 is 9.90 Å². The number of thioether (sulfide) groups is 1. The Morgan fingerprint density at radius 1 is 1.35 bits per heavy atom. The highest BCUT2D eigenvalue weighted by Gasteiger charge is 2.21. The zero-order valence-corrected chi connectivity index (χ0v) is 12.9. The lowest BCUT2D eigenvalue weighted by Gasteiger charge is -2.26. The quantitative estimate of drug-likeness (QED) is 0.748. The van der Waals surface area contributed by atoms with Gasteiger partial charge in [0.1, 0.15) is 0 Å². The van der Waals surface area contributed by atoms with Crippen molar-refractivity contribution in [3.63, 3.8) is 0 Å². The molecular formula is C14H19ClN2O2S. The average Bonchev–Trinajstić information content (AvgIpc) is 2.41. The summed E-state index contributed by atoms with van der Waals surface area (Å²) in [4.78, 5) is 13.0. The Hall–Kier alpha value is -0.910. The number of rotatable bonds is 3. The van der Waals surface area contributed by atoms with E-state index in [1.54, 1.807) is 23.9 Å². The van der Waals surface area contributed by atoms with Gasteiger partial charge in [-0.3, -0.25) is 0 Å². The minimum Gasteiger partial charge on any atom is -0.393 e. The maximum atomic E-state index is 12.0. The van der Waals surface area contributed by atoms with Crippen LogP contribution in [0.2, 0.25) is 5.02 Å². The molecule has 1 fully saturated rings. The van der Waals surface area contributed by atoms with Gasteiger partial charge in [-0.15, -0.1) is 11.8 Å². The number of carbonyl (C=O) groups excluding carboxylic acids is 1. The summed E-state index contributed by atoms with van der Waals surface area (Å²) in [6.07, 6.45) is 4.87. The van der Waals surface area contributed by atoms with Crippen molar-refractivity contribution in [3.05, 3.63) is 23.2 Å². The van der Waals surface area contributed by atoms with Crippen LogP contribution in [0.4, 0.5) is 10.5 Å². The molecule has 1 aliphatic carbocycles. The molecule has 0 heterocycles. The van der Waals surface area contributed by atoms with Gasteiger partial charge in [0, 0.05) is 16.0 Å². The van der Waals surface area contributed by atoms with E-state index in [0.29, 0.717) is 5.02 Å². The van der Waals surface area contributed by atoms with Crippen molar-refractivity contribution >= 4 is 35.1 Å². The second-order valence-electron chi connectivity index (χ2n) is 4.95. The summed E-state index contributed by atoms with van der Waals surface area (Å²) < 4.78 is 0. The number of hydrogen-bond acceptors (Lipinski definition) is 3. The van der Waals surface area contributed by atoms with Crippen LogP contribution in [-0.4, -0.2) is 29.5 Å². The van der Waals surface area contributed by atoms with Crippen molar-refractivity contribution in [3.8, 4) is 0 Å². The molecule has 3 N–H and O–H groups in total. The van der Waals surface area contributed by atoms with Gasteiger partial charge >= 0.3 is 6.03 Å². The van der Waals surface area contributed by atoms with Crippen LogP contribution in [0.3, 0.4) is 0 Å². The SMILES string of the molecule is CSc1ccc(Cl)cc1NC(=O)NC1CCC(O)CC1. The van der Waals surface area contributed by atoms with Crippen LogP contribution in [0.15, 0.2) is 23.1 Å². The monoisotopic (exact) mass is 314 g/mol. The lowest BCUT2D eigenvalue weighted by atomic mass is 9.93. The van der Waals surface area contributed by atoms with Crippen molar-refractivity contribution in [1.29, 1.82) is 0 Å². The normalized spacial score (nSPS) is 22.4. The number of urea groups is 1. The number of aliphatic hydroxyl groups is 1. The second kappa shape index (κ2) is 7.20. The predicted molar refractivity (Wildman–Crippen MR) is 83.7 cm³/mol. The van der Waals surface area contributed by atoms with E-state index < -0.39 is 0 Å². The van der Waals surface area contributed by atoms with E-state index in [4.69, 9.17) is 11.6 Å². The van der Waals surface area contributed by atoms with Crippen molar-refractivity contribution in [2.24, 2.45) is 0 Å². The molecule has 0 aliphatic heterocycles. The molecule has 1 aliphatic rings. The van der Waals surface area contributed by atoms with Gasteiger partial charge in [0.25, 0.3) is 0 Å². The van der Waals surface area contributed by atoms with Crippen LogP contribution in [0, 0.1) is 0 Å². The van der Waals surface area contributed by atoms with Gasteiger partial charge in [-0.1, -0.05) is 11.6 Å². The van der Waals surface area contributed by atoms with Gasteiger partial charge in [-0.25, -0.2) is 4.79 Å². The van der Waals surface area contributed by atoms with E-state index in [-0.39, 0.29) is 18.2 Å². The second-order valence-corrected chi connectivity index (χ2v) is 6.23. The van der Waals surface area contributed by atoms with Crippen molar-refractivity contribution in [1.82, 2.24) is 5.32 Å². The molecule has 1 aromatic rings. The number of amides is 2. The first-order chi connectivity index (χ1) is 9.58. The Balaban J connectivity index is 1.92. The topological polar surface area (TPSA) is 61.4 Å². The fourth-order valence-electron chi connectivity index (χ4n) is 2.34. The molecule has 0 saturated heterocycles. The highest BCUT2D eigenvalue weighted by Crippen LogP contribution is 2.28. The first-order valence-electron chi connectivity index (χ1n) is 6.67. The Labute approximate surface area is 128 Å². The number of aliphatic hydroxyl groups excluding tert-OH is 1. The van der Waals surface area contributed by atoms with Crippen LogP contribution in [0.25, 0.3) is 0 Å². The standard InChI is InChI=1S/C14H19ClN2O2S/c1-20-13-7-2-9(15)8-12(13)17-14(19)16-10-3-5-11(18)6-4-10/h2,7-8,10-11,18H,3-6H2,1H3,(H2,16,17,19). The molecule has 0 unspecified atom stereocenters. The average molecular weight is 315 g/mol. The summed E-state index contributed by atoms with van der Waals surface area (Å²) >= 11 is 7.51. The molecule has 1 saturated carbocycles. The van der Waals surface area contributed by atoms with Gasteiger partial charge in [0.05, 0.1) is 11.8 Å². The number of nitrogens with one attached hydrogen (secondary N) is 2. The third kappa shape index (κ3) is 4.30. The number of benzene rings is 1. The molecule has 2 rings (SSSR count). The van der Waals surface area contributed by atoms with Gasteiger partial charge in [0.2, 0.25) is 0 Å². The van der Waals surface area contributed by atoms with Crippen LogP contribution < -0.4 is 10.6 Å². The van der Waals surface area contributed by atoms with Crippen molar-refractivity contribution in [2.45, 2.75) is 42.7 Å². The van der Waals surface area contributed by atoms with Gasteiger partial charge in [-0.05, 0) is 50.1 Å². The Morgan fingerprint density at radius 3 is 2.70 bits per heavy atom. The molecule has 6 heteroatoms. The van der Waals surface area contributed by atoms with Gasteiger partial charge in [0.15, 0.2) is 0 Å². The van der Waals surface area contributed by atoms with E-state index in [1.165, 1.54) is 0 Å². The Kier molecular flexibility index (Phi) is 5.57. The van der Waals surface area contributed by atoms with E-state index in [1.807, 2.05) is 12.3 Å². The van der Waals surface area contributed by atoms with Crippen LogP contribution in [0.5, 0.6) is 0 Å². The highest BCUT2D eigenvalue weighted by atomic mass is 35.5. The summed E-state index contributed by atoms with van der Waals surface area (Å²) in [6.45, 7) is 0. The van der Waals surface area contributed by atoms with E-state index in [2.05, 4.69) is 10.6 Å². The first kappa shape index (κ1) is 15.5. The summed E-state index contributed by atoms with van der Waals surface area (Å²) in [7, 11) is 0. The smallest absolute Gasteiger partial charge is 0.319 e. The molecular weight excluding hydrogens is 296 g/mol. The maximum absolute atomic E-state index is 12.0. The zero-order chi connectivity index (χ0) is 14.5. The largest absolute Gasteiger partial charge is 0.393 e. The minimum atomic E-state index is -0.219. The summed E-state index contributed by atoms with van der Waals surface area (Å²) in [5.74, 6) is 0. The number of hydrogen-bond donors (Lipinski definition) is 3. The zero-order valence-electron chi connectivity index (χ0n) is 11.4. The molecule has 2 amide bonds. The summed E-state index contributed by atoms with van der Waals surface area (Å²) in [5.41, 5.74) is 0.721. The first-order valence-corrected chi connectivity index (χ1v) is 8.28. The fraction of sp³-hybridized carbons (Fsp3) is 0.500. The maximum Gasteiger partial charge on any atom is 0.319 e. The third-order valence-electron chi connectivity index (χ3n) is 3.44. The minimum absolute atomic E-state index is 0.135. The van der Waals surface area contributed by atoms with E-state index in [0.717, 1.165) is 36.3 Å². The Morgan fingerprint density at radius 2 is 2.05 bits per heavy atom. The number of halogens is 1. The van der Waals surface area contributed by atoms with Crippen LogP contribution in [0.1, 0.15) is 25.7 Å². The molecule has 0 atom stereocenters. The van der Waals surface area contributed by atoms with E-state index in [9.17, 15) is 9.90 Å². The molecule has 110 valence electrons. The van der Waals surface area contributed by atoms with E-state index >= 15 is 0 Å². The number of carbonyl (C=O) groups is 1. The molecule has 20 heavy (non-hydrogen) atoms.